The molecule has 0 saturated carbocycles. The van der Waals surface area contributed by atoms with Gasteiger partial charge in [0.15, 0.2) is 29.8 Å². The Morgan fingerprint density at radius 3 is 0.897 bits per heavy atom. The van der Waals surface area contributed by atoms with Crippen molar-refractivity contribution in [3.05, 3.63) is 0 Å². The van der Waals surface area contributed by atoms with Crippen LogP contribution in [0.15, 0.2) is 25.0 Å². The van der Waals surface area contributed by atoms with E-state index in [4.69, 9.17) is 57.3 Å². The highest BCUT2D eigenvalue weighted by molar-refractivity contribution is 5.95. The van der Waals surface area contributed by atoms with Gasteiger partial charge in [0.1, 0.15) is 30.5 Å². The SMILES string of the molecule is CC(=O)N[C@H](CCCN=C(N)N)C(=O)N[C@H](CCCN=C(N)N)C(=O)N[C@H](CCCN=C(N)N)C(=O)N[C@H](CCCN=C(N)N)C(=O)N[C@@H](C=O)CCCN=C(N)N. The number of nitrogens with two attached hydrogens (primary N) is 10. The van der Waals surface area contributed by atoms with E-state index in [9.17, 15) is 28.8 Å². The van der Waals surface area contributed by atoms with Crippen molar-refractivity contribution in [2.24, 2.45) is 82.3 Å². The van der Waals surface area contributed by atoms with E-state index < -0.39 is 59.7 Å². The van der Waals surface area contributed by atoms with E-state index in [2.05, 4.69) is 51.5 Å². The molecule has 0 radical (unpaired) electrons. The molecule has 0 fully saturated rings. The lowest BCUT2D eigenvalue weighted by Crippen LogP contribution is -2.58. The zero-order valence-electron chi connectivity index (χ0n) is 33.0. The second-order valence-electron chi connectivity index (χ2n) is 12.9. The zero-order valence-corrected chi connectivity index (χ0v) is 33.0. The van der Waals surface area contributed by atoms with Gasteiger partial charge in [-0.3, -0.25) is 48.9 Å². The Balaban J connectivity index is 6.48. The van der Waals surface area contributed by atoms with Crippen molar-refractivity contribution in [1.29, 1.82) is 0 Å². The number of rotatable bonds is 30. The van der Waals surface area contributed by atoms with Gasteiger partial charge in [-0.1, -0.05) is 0 Å². The number of amides is 5. The molecule has 26 heteroatoms. The van der Waals surface area contributed by atoms with Crippen LogP contribution in [-0.4, -0.2) is 129 Å². The number of hydrogen-bond acceptors (Lipinski definition) is 11. The van der Waals surface area contributed by atoms with E-state index in [-0.39, 0.29) is 114 Å². The third-order valence-electron chi connectivity index (χ3n) is 7.83. The number of carbonyl (C=O) groups is 6. The molecule has 0 aliphatic carbocycles. The monoisotopic (exact) mass is 825 g/mol. The third-order valence-corrected chi connectivity index (χ3v) is 7.83. The van der Waals surface area contributed by atoms with Gasteiger partial charge in [0.25, 0.3) is 0 Å². The van der Waals surface area contributed by atoms with Crippen molar-refractivity contribution < 1.29 is 28.8 Å². The van der Waals surface area contributed by atoms with Gasteiger partial charge in [0.2, 0.25) is 29.5 Å². The van der Waals surface area contributed by atoms with Crippen molar-refractivity contribution in [3.8, 4) is 0 Å². The van der Waals surface area contributed by atoms with Gasteiger partial charge >= 0.3 is 0 Å². The Bertz CT molecular complexity index is 1460. The Morgan fingerprint density at radius 1 is 0.414 bits per heavy atom. The van der Waals surface area contributed by atoms with Gasteiger partial charge < -0.3 is 88.7 Å². The fraction of sp³-hybridized carbons (Fsp3) is 0.656. The molecule has 0 heterocycles. The highest BCUT2D eigenvalue weighted by Gasteiger charge is 2.31. The molecular weight excluding hydrogens is 760 g/mol. The van der Waals surface area contributed by atoms with Crippen LogP contribution >= 0.6 is 0 Å². The maximum Gasteiger partial charge on any atom is 0.243 e. The van der Waals surface area contributed by atoms with Crippen molar-refractivity contribution in [3.63, 3.8) is 0 Å². The summed E-state index contributed by atoms with van der Waals surface area (Å²) in [7, 11) is 0. The molecule has 0 aromatic heterocycles. The van der Waals surface area contributed by atoms with Gasteiger partial charge in [-0.15, -0.1) is 0 Å². The first-order chi connectivity index (χ1) is 27.4. The molecule has 26 nitrogen and oxygen atoms in total. The van der Waals surface area contributed by atoms with Crippen LogP contribution in [0.25, 0.3) is 0 Å². The molecule has 0 aromatic rings. The number of nitrogens with zero attached hydrogens (tertiary/aromatic N) is 5. The predicted molar refractivity (Wildman–Crippen MR) is 221 cm³/mol. The molecule has 0 unspecified atom stereocenters. The van der Waals surface area contributed by atoms with Crippen LogP contribution in [0.3, 0.4) is 0 Å². The van der Waals surface area contributed by atoms with Crippen LogP contribution in [0.2, 0.25) is 0 Å². The third kappa shape index (κ3) is 26.2. The fourth-order valence-corrected chi connectivity index (χ4v) is 5.13. The summed E-state index contributed by atoms with van der Waals surface area (Å²) in [5, 5.41) is 13.1. The molecular formula is C32H64N20O6. The first-order valence-corrected chi connectivity index (χ1v) is 18.6. The molecule has 0 bridgehead atoms. The lowest BCUT2D eigenvalue weighted by atomic mass is 10.0. The molecule has 0 aromatic carbocycles. The average molecular weight is 825 g/mol. The Hall–Kier alpha value is -6.63. The quantitative estimate of drug-likeness (QED) is 0.0138. The average Bonchev–Trinajstić information content (AvgIpc) is 3.13. The van der Waals surface area contributed by atoms with E-state index in [1.165, 1.54) is 6.92 Å². The summed E-state index contributed by atoms with van der Waals surface area (Å²) in [5.74, 6) is -4.28. The van der Waals surface area contributed by atoms with Crippen molar-refractivity contribution in [2.45, 2.75) is 101 Å². The second kappa shape index (κ2) is 29.6. The van der Waals surface area contributed by atoms with E-state index in [1.54, 1.807) is 0 Å². The number of aldehydes is 1. The number of guanidine groups is 5. The second-order valence-corrected chi connectivity index (χ2v) is 12.9. The first kappa shape index (κ1) is 51.4. The topological polar surface area (TPSA) is 485 Å². The Morgan fingerprint density at radius 2 is 0.655 bits per heavy atom. The van der Waals surface area contributed by atoms with E-state index in [1.807, 2.05) is 0 Å². The van der Waals surface area contributed by atoms with Crippen molar-refractivity contribution in [2.75, 3.05) is 32.7 Å². The van der Waals surface area contributed by atoms with Crippen LogP contribution in [-0.2, 0) is 28.8 Å². The fourth-order valence-electron chi connectivity index (χ4n) is 5.13. The largest absolute Gasteiger partial charge is 0.370 e. The van der Waals surface area contributed by atoms with E-state index >= 15 is 0 Å². The van der Waals surface area contributed by atoms with Gasteiger partial charge in [-0.2, -0.15) is 0 Å². The van der Waals surface area contributed by atoms with Gasteiger partial charge in [0, 0.05) is 39.6 Å². The van der Waals surface area contributed by atoms with Crippen LogP contribution in [0.4, 0.5) is 0 Å². The molecule has 0 spiro atoms. The summed E-state index contributed by atoms with van der Waals surface area (Å²) < 4.78 is 0. The highest BCUT2D eigenvalue weighted by atomic mass is 16.2. The maximum absolute atomic E-state index is 13.9. The molecule has 5 atom stereocenters. The standard InChI is InChI=1S/C32H64N20O6/c1-18(54)48-20(8-3-13-44-29(35)36)25(56)51-22(10-5-15-46-31(39)40)27(58)52-23(11-6-16-47-32(41)42)26(57)50-21(9-4-14-45-30(37)38)24(55)49-19(17-53)7-2-12-43-28(33)34/h17,19-23H,2-16H2,1H3,(H,48,54)(H,49,55)(H,50,57)(H,51,56)(H,52,58)(H4,33,34,43)(H4,35,36,44)(H4,37,38,45)(H4,39,40,46)(H4,41,42,47)/t19-,20-,21-,22-,23-/m1/s1. The minimum atomic E-state index is -1.29. The van der Waals surface area contributed by atoms with Gasteiger partial charge in [-0.25, -0.2) is 0 Å². The summed E-state index contributed by atoms with van der Waals surface area (Å²) in [6.07, 6.45) is 2.18. The number of aliphatic imine (C=N–C) groups is 5. The van der Waals surface area contributed by atoms with E-state index in [0.717, 1.165) is 0 Å². The molecule has 58 heavy (non-hydrogen) atoms. The smallest absolute Gasteiger partial charge is 0.243 e. The molecule has 25 N–H and O–H groups in total. The minimum Gasteiger partial charge on any atom is -0.370 e. The Labute approximate surface area is 337 Å². The predicted octanol–water partition coefficient (Wildman–Crippen LogP) is -7.10. The first-order valence-electron chi connectivity index (χ1n) is 18.6. The molecule has 328 valence electrons. The summed E-state index contributed by atoms with van der Waals surface area (Å²) in [5.41, 5.74) is 54.1. The minimum absolute atomic E-state index is 0.00355. The summed E-state index contributed by atoms with van der Waals surface area (Å²) in [6, 6.07) is -5.77. The zero-order chi connectivity index (χ0) is 44.0. The lowest BCUT2D eigenvalue weighted by molar-refractivity contribution is -0.135. The van der Waals surface area contributed by atoms with Crippen LogP contribution < -0.4 is 83.9 Å². The summed E-state index contributed by atoms with van der Waals surface area (Å²) in [6.45, 7) is 1.92. The molecule has 0 saturated heterocycles. The van der Waals surface area contributed by atoms with Crippen LogP contribution in [0, 0.1) is 0 Å². The molecule has 0 rings (SSSR count). The highest BCUT2D eigenvalue weighted by Crippen LogP contribution is 2.08. The van der Waals surface area contributed by atoms with Crippen molar-refractivity contribution in [1.82, 2.24) is 26.6 Å². The maximum atomic E-state index is 13.9. The van der Waals surface area contributed by atoms with E-state index in [0.29, 0.717) is 19.1 Å². The summed E-state index contributed by atoms with van der Waals surface area (Å²) >= 11 is 0. The van der Waals surface area contributed by atoms with Crippen LogP contribution in [0.5, 0.6) is 0 Å². The molecule has 5 amide bonds. The number of nitrogens with one attached hydrogen (secondary N) is 5. The van der Waals surface area contributed by atoms with Crippen LogP contribution in [0.1, 0.15) is 71.1 Å². The molecule has 0 aliphatic heterocycles. The lowest BCUT2D eigenvalue weighted by Gasteiger charge is -2.27. The number of hydrogen-bond donors (Lipinski definition) is 15. The Kier molecular flexibility index (Phi) is 26.2. The number of carbonyl (C=O) groups excluding carboxylic acids is 6. The summed E-state index contributed by atoms with van der Waals surface area (Å²) in [4.78, 5) is 98.1. The van der Waals surface area contributed by atoms with Gasteiger partial charge in [0.05, 0.1) is 6.04 Å². The van der Waals surface area contributed by atoms with Gasteiger partial charge in [-0.05, 0) is 64.2 Å². The molecule has 0 aliphatic rings. The van der Waals surface area contributed by atoms with Crippen molar-refractivity contribution >= 4 is 65.6 Å². The normalized spacial score (nSPS) is 13.0.